The van der Waals surface area contributed by atoms with Crippen molar-refractivity contribution < 1.29 is 4.74 Å². The topological polar surface area (TPSA) is 103 Å². The molecule has 1 heterocycles. The first-order valence-corrected chi connectivity index (χ1v) is 10.00. The fraction of sp³-hybridized carbons (Fsp3) is 0.190. The number of aromatic amines is 1. The van der Waals surface area contributed by atoms with Gasteiger partial charge in [-0.15, -0.1) is 5.10 Å². The van der Waals surface area contributed by atoms with Gasteiger partial charge in [-0.3, -0.25) is 9.78 Å². The predicted octanol–water partition coefficient (Wildman–Crippen LogP) is 4.20. The van der Waals surface area contributed by atoms with Crippen LogP contribution in [0.4, 0.5) is 5.82 Å². The van der Waals surface area contributed by atoms with Crippen molar-refractivity contribution in [2.75, 3.05) is 5.73 Å². The molecule has 0 saturated carbocycles. The Morgan fingerprint density at radius 3 is 2.53 bits per heavy atom. The van der Waals surface area contributed by atoms with E-state index >= 15 is 0 Å². The van der Waals surface area contributed by atoms with Crippen LogP contribution in [0.25, 0.3) is 11.3 Å². The molecule has 9 heteroatoms. The van der Waals surface area contributed by atoms with Crippen LogP contribution < -0.4 is 21.7 Å². The molecule has 0 unspecified atom stereocenters. The van der Waals surface area contributed by atoms with Crippen LogP contribution in [0.2, 0.25) is 10.0 Å². The highest BCUT2D eigenvalue weighted by molar-refractivity contribution is 6.37. The molecule has 1 aromatic heterocycles. The Morgan fingerprint density at radius 1 is 1.17 bits per heavy atom. The summed E-state index contributed by atoms with van der Waals surface area (Å²) in [6.45, 7) is 4.31. The first kappa shape index (κ1) is 20.3. The number of ether oxygens (including phenoxy) is 1. The van der Waals surface area contributed by atoms with Crippen molar-refractivity contribution in [2.24, 2.45) is 5.92 Å². The van der Waals surface area contributed by atoms with Crippen molar-refractivity contribution in [1.82, 2.24) is 14.8 Å². The minimum Gasteiger partial charge on any atom is -0.454 e. The van der Waals surface area contributed by atoms with Crippen molar-refractivity contribution in [2.45, 2.75) is 20.3 Å². The molecule has 1 aliphatic rings. The Kier molecular flexibility index (Phi) is 5.17. The largest absolute Gasteiger partial charge is 0.454 e. The summed E-state index contributed by atoms with van der Waals surface area (Å²) in [7, 11) is 0. The predicted molar refractivity (Wildman–Crippen MR) is 118 cm³/mol. The summed E-state index contributed by atoms with van der Waals surface area (Å²) < 4.78 is 6.89. The highest BCUT2D eigenvalue weighted by atomic mass is 35.5. The van der Waals surface area contributed by atoms with E-state index in [1.54, 1.807) is 0 Å². The summed E-state index contributed by atoms with van der Waals surface area (Å²) in [5, 5.41) is 4.13. The Hall–Kier alpha value is -3.03. The molecule has 2 aromatic carbocycles. The van der Waals surface area contributed by atoms with E-state index in [0.717, 1.165) is 16.7 Å². The quantitative estimate of drug-likeness (QED) is 0.627. The average molecular weight is 445 g/mol. The number of nitrogens with two attached hydrogens (primary N) is 1. The molecule has 3 N–H and O–H groups in total. The number of halogens is 2. The van der Waals surface area contributed by atoms with Crippen LogP contribution in [0.3, 0.4) is 0 Å². The average Bonchev–Trinajstić information content (AvgIpc) is 3.11. The van der Waals surface area contributed by atoms with Gasteiger partial charge in [0.1, 0.15) is 5.75 Å². The number of H-pyrrole nitrogens is 1. The van der Waals surface area contributed by atoms with E-state index in [1.807, 2.05) is 18.2 Å². The van der Waals surface area contributed by atoms with E-state index in [2.05, 4.69) is 30.0 Å². The van der Waals surface area contributed by atoms with Crippen molar-refractivity contribution in [3.8, 4) is 17.2 Å². The Balaban J connectivity index is 1.70. The first-order valence-electron chi connectivity index (χ1n) is 9.24. The second kappa shape index (κ2) is 7.66. The molecule has 0 bridgehead atoms. The molecule has 0 aliphatic heterocycles. The van der Waals surface area contributed by atoms with Gasteiger partial charge in [-0.25, -0.2) is 4.79 Å². The second-order valence-electron chi connectivity index (χ2n) is 7.23. The number of fused-ring (bicyclic) bond motifs is 1. The number of nitrogen functional groups attached to an aromatic ring is 1. The molecular weight excluding hydrogens is 427 g/mol. The molecule has 0 fully saturated rings. The van der Waals surface area contributed by atoms with Crippen LogP contribution >= 0.6 is 23.2 Å². The molecule has 0 saturated heterocycles. The lowest BCUT2D eigenvalue weighted by Crippen LogP contribution is -2.33. The van der Waals surface area contributed by atoms with Crippen LogP contribution in [-0.2, 0) is 6.42 Å². The van der Waals surface area contributed by atoms with Gasteiger partial charge in [0, 0.05) is 0 Å². The Bertz CT molecular complexity index is 1290. The summed E-state index contributed by atoms with van der Waals surface area (Å²) in [5.41, 5.74) is 7.91. The highest BCUT2D eigenvalue weighted by Gasteiger charge is 2.19. The monoisotopic (exact) mass is 444 g/mol. The van der Waals surface area contributed by atoms with Gasteiger partial charge >= 0.3 is 5.69 Å². The van der Waals surface area contributed by atoms with Gasteiger partial charge in [0.25, 0.3) is 5.56 Å². The molecule has 4 rings (SSSR count). The molecule has 1 aliphatic carbocycles. The smallest absolute Gasteiger partial charge is 0.349 e. The minimum absolute atomic E-state index is 0.177. The number of hydrogen-bond donors (Lipinski definition) is 2. The Labute approximate surface area is 181 Å². The van der Waals surface area contributed by atoms with Crippen LogP contribution in [-0.4, -0.2) is 14.8 Å². The molecule has 0 amide bonds. The van der Waals surface area contributed by atoms with Crippen LogP contribution in [0.5, 0.6) is 11.5 Å². The molecule has 7 nitrogen and oxygen atoms in total. The van der Waals surface area contributed by atoms with Gasteiger partial charge in [0.2, 0.25) is 5.82 Å². The zero-order valence-corrected chi connectivity index (χ0v) is 17.7. The fourth-order valence-corrected chi connectivity index (χ4v) is 3.97. The van der Waals surface area contributed by atoms with Gasteiger partial charge in [0.15, 0.2) is 5.75 Å². The molecule has 30 heavy (non-hydrogen) atoms. The maximum Gasteiger partial charge on any atom is 0.349 e. The Morgan fingerprint density at radius 2 is 1.87 bits per heavy atom. The van der Waals surface area contributed by atoms with E-state index in [1.165, 1.54) is 23.3 Å². The number of hydrogen-bond acceptors (Lipinski definition) is 5. The van der Waals surface area contributed by atoms with E-state index < -0.39 is 11.2 Å². The molecule has 3 aromatic rings. The van der Waals surface area contributed by atoms with Gasteiger partial charge in [-0.05, 0) is 53.3 Å². The van der Waals surface area contributed by atoms with E-state index in [0.29, 0.717) is 11.7 Å². The number of aromatic nitrogens is 3. The maximum atomic E-state index is 12.1. The summed E-state index contributed by atoms with van der Waals surface area (Å²) in [6.07, 6.45) is 3.14. The lowest BCUT2D eigenvalue weighted by Gasteiger charge is -2.14. The van der Waals surface area contributed by atoms with E-state index in [9.17, 15) is 9.59 Å². The van der Waals surface area contributed by atoms with Crippen molar-refractivity contribution in [3.05, 3.63) is 78.4 Å². The second-order valence-corrected chi connectivity index (χ2v) is 8.05. The van der Waals surface area contributed by atoms with Gasteiger partial charge in [0.05, 0.1) is 15.7 Å². The summed E-state index contributed by atoms with van der Waals surface area (Å²) in [5.74, 6) is 0.903. The number of benzene rings is 2. The fourth-order valence-electron chi connectivity index (χ4n) is 3.41. The minimum atomic E-state index is -0.764. The summed E-state index contributed by atoms with van der Waals surface area (Å²) in [6, 6.07) is 8.79. The number of nitrogens with one attached hydrogen (secondary N) is 1. The third kappa shape index (κ3) is 3.62. The lowest BCUT2D eigenvalue weighted by atomic mass is 9.97. The first-order chi connectivity index (χ1) is 14.2. The van der Waals surface area contributed by atoms with Crippen molar-refractivity contribution in [1.29, 1.82) is 0 Å². The van der Waals surface area contributed by atoms with Gasteiger partial charge < -0.3 is 10.5 Å². The number of anilines is 1. The molecule has 154 valence electrons. The number of allylic oxidation sites excluding steroid dienone is 2. The van der Waals surface area contributed by atoms with Crippen molar-refractivity contribution >= 4 is 34.6 Å². The molecular formula is C21H18Cl2N4O3. The van der Waals surface area contributed by atoms with Gasteiger partial charge in [-0.1, -0.05) is 49.2 Å². The third-order valence-corrected chi connectivity index (χ3v) is 5.42. The van der Waals surface area contributed by atoms with Crippen molar-refractivity contribution in [3.63, 3.8) is 0 Å². The number of rotatable bonds is 4. The molecule has 0 radical (unpaired) electrons. The summed E-state index contributed by atoms with van der Waals surface area (Å²) in [4.78, 5) is 25.6. The SMILES string of the molecule is CC(C)C1=CCc2ccc(Oc3c(Cl)cc(-n4nc(N)c(=O)[nH]c4=O)cc3Cl)cc21. The zero-order chi connectivity index (χ0) is 21.6. The van der Waals surface area contributed by atoms with Crippen LogP contribution in [0.1, 0.15) is 25.0 Å². The third-order valence-electron chi connectivity index (χ3n) is 4.86. The normalized spacial score (nSPS) is 12.8. The van der Waals surface area contributed by atoms with Crippen LogP contribution in [0, 0.1) is 5.92 Å². The lowest BCUT2D eigenvalue weighted by molar-refractivity contribution is 0.482. The zero-order valence-electron chi connectivity index (χ0n) is 16.2. The van der Waals surface area contributed by atoms with Gasteiger partial charge in [-0.2, -0.15) is 4.68 Å². The number of nitrogens with zero attached hydrogens (tertiary/aromatic N) is 2. The highest BCUT2D eigenvalue weighted by Crippen LogP contribution is 2.40. The maximum absolute atomic E-state index is 12.1. The summed E-state index contributed by atoms with van der Waals surface area (Å²) >= 11 is 12.8. The molecule has 0 atom stereocenters. The molecule has 0 spiro atoms. The van der Waals surface area contributed by atoms with E-state index in [4.69, 9.17) is 33.7 Å². The van der Waals surface area contributed by atoms with Crippen LogP contribution in [0.15, 0.2) is 46.0 Å². The van der Waals surface area contributed by atoms with E-state index in [-0.39, 0.29) is 27.3 Å². The standard InChI is InChI=1S/C21H18Cl2N4O3/c1-10(2)14-6-4-11-3-5-13(9-15(11)14)30-18-16(22)7-12(8-17(18)23)27-21(29)25-20(28)19(24)26-27/h3,5-10H,4H2,1-2H3,(H2,24,26)(H,25,28,29).